The summed E-state index contributed by atoms with van der Waals surface area (Å²) >= 11 is 0. The van der Waals surface area contributed by atoms with Crippen molar-refractivity contribution >= 4 is 11.1 Å². The van der Waals surface area contributed by atoms with Gasteiger partial charge in [-0.25, -0.2) is 0 Å². The molecule has 0 heterocycles. The average Bonchev–Trinajstić information content (AvgIpc) is 3.33. The van der Waals surface area contributed by atoms with Gasteiger partial charge in [-0.05, 0) is 27.8 Å². The number of rotatable bonds is 3. The van der Waals surface area contributed by atoms with Crippen LogP contribution in [0.5, 0.6) is 0 Å². The molecule has 0 aliphatic heterocycles. The Kier molecular flexibility index (Phi) is 2.93. The van der Waals surface area contributed by atoms with Crippen LogP contribution in [0.2, 0.25) is 0 Å². The van der Waals surface area contributed by atoms with E-state index in [2.05, 4.69) is 91.0 Å². The summed E-state index contributed by atoms with van der Waals surface area (Å²) in [5, 5.41) is 0. The molecule has 0 heteroatoms. The molecular formula is C21H16. The third kappa shape index (κ3) is 2.19. The molecule has 0 aromatic heterocycles. The summed E-state index contributed by atoms with van der Waals surface area (Å²) in [5.74, 6) is 0.441. The van der Waals surface area contributed by atoms with Gasteiger partial charge in [-0.2, -0.15) is 0 Å². The van der Waals surface area contributed by atoms with Crippen molar-refractivity contribution < 1.29 is 0 Å². The molecule has 21 heavy (non-hydrogen) atoms. The zero-order valence-corrected chi connectivity index (χ0v) is 11.7. The first-order valence-corrected chi connectivity index (χ1v) is 7.35. The lowest BCUT2D eigenvalue weighted by atomic mass is 10.0. The maximum atomic E-state index is 2.23. The van der Waals surface area contributed by atoms with Crippen molar-refractivity contribution in [3.05, 3.63) is 108 Å². The summed E-state index contributed by atoms with van der Waals surface area (Å²) in [6.45, 7) is 0. The predicted molar refractivity (Wildman–Crippen MR) is 88.9 cm³/mol. The molecule has 0 saturated heterocycles. The van der Waals surface area contributed by atoms with E-state index in [1.807, 2.05) is 0 Å². The second-order valence-electron chi connectivity index (χ2n) is 5.40. The highest BCUT2D eigenvalue weighted by molar-refractivity contribution is 6.14. The van der Waals surface area contributed by atoms with E-state index in [1.54, 1.807) is 0 Å². The maximum absolute atomic E-state index is 2.23. The van der Waals surface area contributed by atoms with Crippen LogP contribution in [0, 0.1) is 0 Å². The average molecular weight is 268 g/mol. The van der Waals surface area contributed by atoms with Gasteiger partial charge in [0.25, 0.3) is 0 Å². The molecule has 0 amide bonds. The zero-order valence-electron chi connectivity index (χ0n) is 11.7. The van der Waals surface area contributed by atoms with Crippen molar-refractivity contribution in [2.24, 2.45) is 0 Å². The number of allylic oxidation sites excluding steroid dienone is 2. The normalized spacial score (nSPS) is 14.3. The van der Waals surface area contributed by atoms with Gasteiger partial charge >= 0.3 is 0 Å². The quantitative estimate of drug-likeness (QED) is 0.597. The van der Waals surface area contributed by atoms with E-state index < -0.39 is 0 Å². The Labute approximate surface area is 125 Å². The molecular weight excluding hydrogens is 252 g/mol. The fourth-order valence-corrected chi connectivity index (χ4v) is 3.08. The van der Waals surface area contributed by atoms with E-state index in [9.17, 15) is 0 Å². The molecule has 1 aliphatic rings. The third-order valence-electron chi connectivity index (χ3n) is 4.09. The molecule has 3 aromatic rings. The molecule has 1 aliphatic carbocycles. The summed E-state index contributed by atoms with van der Waals surface area (Å²) in [7, 11) is 0. The van der Waals surface area contributed by atoms with Crippen LogP contribution in [0.1, 0.15) is 22.6 Å². The van der Waals surface area contributed by atoms with E-state index >= 15 is 0 Å². The van der Waals surface area contributed by atoms with Crippen LogP contribution in [0.3, 0.4) is 0 Å². The third-order valence-corrected chi connectivity index (χ3v) is 4.09. The minimum Gasteiger partial charge on any atom is -0.0622 e. The molecule has 0 spiro atoms. The Bertz CT molecular complexity index is 719. The topological polar surface area (TPSA) is 0 Å². The van der Waals surface area contributed by atoms with Crippen LogP contribution in [-0.2, 0) is 0 Å². The molecule has 0 unspecified atom stereocenters. The van der Waals surface area contributed by atoms with Crippen molar-refractivity contribution in [2.45, 2.75) is 5.92 Å². The molecule has 3 aromatic carbocycles. The summed E-state index contributed by atoms with van der Waals surface area (Å²) in [4.78, 5) is 0. The molecule has 0 bridgehead atoms. The van der Waals surface area contributed by atoms with Crippen LogP contribution in [0.4, 0.5) is 0 Å². The van der Waals surface area contributed by atoms with Crippen molar-refractivity contribution in [1.29, 1.82) is 0 Å². The van der Waals surface area contributed by atoms with E-state index in [1.165, 1.54) is 27.8 Å². The summed E-state index contributed by atoms with van der Waals surface area (Å²) in [6, 6.07) is 32.2. The molecule has 0 fully saturated rings. The highest BCUT2D eigenvalue weighted by atomic mass is 14.4. The summed E-state index contributed by atoms with van der Waals surface area (Å²) in [5.41, 5.74) is 6.99. The van der Waals surface area contributed by atoms with E-state index in [-0.39, 0.29) is 0 Å². The van der Waals surface area contributed by atoms with Crippen LogP contribution in [-0.4, -0.2) is 0 Å². The first-order chi connectivity index (χ1) is 10.4. The van der Waals surface area contributed by atoms with E-state index in [0.29, 0.717) is 5.92 Å². The van der Waals surface area contributed by atoms with Gasteiger partial charge in [0, 0.05) is 5.92 Å². The van der Waals surface area contributed by atoms with Gasteiger partial charge in [-0.15, -0.1) is 0 Å². The largest absolute Gasteiger partial charge is 0.0622 e. The van der Waals surface area contributed by atoms with E-state index in [0.717, 1.165) is 0 Å². The SMILES string of the molecule is c1ccc(C2=C(c3ccccc3)C2c2ccccc2)cc1. The predicted octanol–water partition coefficient (Wildman–Crippen LogP) is 5.39. The minimum absolute atomic E-state index is 0.441. The smallest absolute Gasteiger partial charge is 0.0358 e. The molecule has 0 N–H and O–H groups in total. The van der Waals surface area contributed by atoms with Gasteiger partial charge in [0.1, 0.15) is 0 Å². The van der Waals surface area contributed by atoms with Crippen LogP contribution in [0.15, 0.2) is 91.0 Å². The van der Waals surface area contributed by atoms with Crippen LogP contribution in [0.25, 0.3) is 11.1 Å². The second-order valence-corrected chi connectivity index (χ2v) is 5.40. The summed E-state index contributed by atoms with van der Waals surface area (Å²) < 4.78 is 0. The summed E-state index contributed by atoms with van der Waals surface area (Å²) in [6.07, 6.45) is 0. The standard InChI is InChI=1S/C21H16/c1-4-10-16(11-5-1)19-20(17-12-6-2-7-13-17)21(19)18-14-8-3-9-15-18/h1-15,19H. The van der Waals surface area contributed by atoms with Gasteiger partial charge in [-0.3, -0.25) is 0 Å². The van der Waals surface area contributed by atoms with Gasteiger partial charge in [-0.1, -0.05) is 91.0 Å². The van der Waals surface area contributed by atoms with Crippen molar-refractivity contribution in [3.8, 4) is 0 Å². The Balaban J connectivity index is 1.81. The number of benzene rings is 3. The fraction of sp³-hybridized carbons (Fsp3) is 0.0476. The van der Waals surface area contributed by atoms with Crippen molar-refractivity contribution in [1.82, 2.24) is 0 Å². The first-order valence-electron chi connectivity index (χ1n) is 7.35. The molecule has 0 saturated carbocycles. The molecule has 0 atom stereocenters. The Morgan fingerprint density at radius 2 is 0.810 bits per heavy atom. The lowest BCUT2D eigenvalue weighted by molar-refractivity contribution is 1.25. The highest BCUT2D eigenvalue weighted by Crippen LogP contribution is 2.59. The van der Waals surface area contributed by atoms with Gasteiger partial charge in [0.2, 0.25) is 0 Å². The van der Waals surface area contributed by atoms with Gasteiger partial charge in [0.05, 0.1) is 0 Å². The van der Waals surface area contributed by atoms with Crippen molar-refractivity contribution in [2.75, 3.05) is 0 Å². The lowest BCUT2D eigenvalue weighted by Crippen LogP contribution is -1.84. The Hall–Kier alpha value is -2.60. The first kappa shape index (κ1) is 12.2. The van der Waals surface area contributed by atoms with Crippen LogP contribution < -0.4 is 0 Å². The minimum atomic E-state index is 0.441. The monoisotopic (exact) mass is 268 g/mol. The zero-order chi connectivity index (χ0) is 14.1. The molecule has 0 radical (unpaired) electrons. The van der Waals surface area contributed by atoms with Gasteiger partial charge in [0.15, 0.2) is 0 Å². The van der Waals surface area contributed by atoms with Crippen LogP contribution >= 0.6 is 0 Å². The second kappa shape index (κ2) is 5.06. The van der Waals surface area contributed by atoms with Gasteiger partial charge < -0.3 is 0 Å². The highest BCUT2D eigenvalue weighted by Gasteiger charge is 2.38. The van der Waals surface area contributed by atoms with E-state index in [4.69, 9.17) is 0 Å². The molecule has 100 valence electrons. The molecule has 4 rings (SSSR count). The number of hydrogen-bond acceptors (Lipinski definition) is 0. The fourth-order valence-electron chi connectivity index (χ4n) is 3.08. The van der Waals surface area contributed by atoms with Crippen molar-refractivity contribution in [3.63, 3.8) is 0 Å². The Morgan fingerprint density at radius 3 is 1.24 bits per heavy atom. The lowest BCUT2D eigenvalue weighted by Gasteiger charge is -2.02. The Morgan fingerprint density at radius 1 is 0.429 bits per heavy atom. The number of hydrogen-bond donors (Lipinski definition) is 0. The maximum Gasteiger partial charge on any atom is 0.0358 e. The molecule has 0 nitrogen and oxygen atoms in total.